The fraction of sp³-hybridized carbons (Fsp3) is 0.923. The number of rotatable bonds is 1. The Hall–Kier alpha value is -0.570. The Labute approximate surface area is 96.2 Å². The van der Waals surface area contributed by atoms with Crippen molar-refractivity contribution >= 4 is 5.97 Å². The van der Waals surface area contributed by atoms with Crippen molar-refractivity contribution < 1.29 is 14.6 Å². The monoisotopic (exact) mass is 224 g/mol. The van der Waals surface area contributed by atoms with Crippen LogP contribution in [0.2, 0.25) is 0 Å². The van der Waals surface area contributed by atoms with E-state index in [1.54, 1.807) is 0 Å². The lowest BCUT2D eigenvalue weighted by Gasteiger charge is -2.37. The van der Waals surface area contributed by atoms with Gasteiger partial charge < -0.3 is 9.84 Å². The second kappa shape index (κ2) is 3.22. The van der Waals surface area contributed by atoms with E-state index in [0.717, 1.165) is 32.1 Å². The summed E-state index contributed by atoms with van der Waals surface area (Å²) < 4.78 is 5.01. The summed E-state index contributed by atoms with van der Waals surface area (Å²) in [5.41, 5.74) is -1.31. The molecule has 4 atom stereocenters. The van der Waals surface area contributed by atoms with Gasteiger partial charge in [0.15, 0.2) is 0 Å². The SMILES string of the molecule is COC(=O)C12CCCC1(O)CC1CCCC12. The minimum absolute atomic E-state index is 0.151. The van der Waals surface area contributed by atoms with E-state index >= 15 is 0 Å². The van der Waals surface area contributed by atoms with E-state index in [-0.39, 0.29) is 5.97 Å². The summed E-state index contributed by atoms with van der Waals surface area (Å²) in [7, 11) is 1.46. The Morgan fingerprint density at radius 2 is 2.12 bits per heavy atom. The smallest absolute Gasteiger partial charge is 0.315 e. The van der Waals surface area contributed by atoms with Crippen molar-refractivity contribution in [2.24, 2.45) is 17.3 Å². The maximum atomic E-state index is 12.2. The van der Waals surface area contributed by atoms with Crippen molar-refractivity contribution in [3.05, 3.63) is 0 Å². The molecule has 0 aromatic heterocycles. The van der Waals surface area contributed by atoms with Crippen molar-refractivity contribution in [2.75, 3.05) is 7.11 Å². The van der Waals surface area contributed by atoms with Crippen molar-refractivity contribution in [3.8, 4) is 0 Å². The summed E-state index contributed by atoms with van der Waals surface area (Å²) in [5, 5.41) is 10.8. The van der Waals surface area contributed by atoms with Crippen molar-refractivity contribution in [2.45, 2.75) is 50.5 Å². The van der Waals surface area contributed by atoms with E-state index in [4.69, 9.17) is 4.74 Å². The lowest BCUT2D eigenvalue weighted by molar-refractivity contribution is -0.169. The fourth-order valence-electron chi connectivity index (χ4n) is 4.92. The zero-order valence-corrected chi connectivity index (χ0v) is 9.87. The van der Waals surface area contributed by atoms with Gasteiger partial charge in [-0.15, -0.1) is 0 Å². The average molecular weight is 224 g/mol. The van der Waals surface area contributed by atoms with Gasteiger partial charge in [-0.25, -0.2) is 0 Å². The number of aliphatic hydroxyl groups is 1. The van der Waals surface area contributed by atoms with Gasteiger partial charge in [-0.1, -0.05) is 12.8 Å². The van der Waals surface area contributed by atoms with Crippen LogP contribution in [-0.2, 0) is 9.53 Å². The predicted octanol–water partition coefficient (Wildman–Crippen LogP) is 1.88. The lowest BCUT2D eigenvalue weighted by atomic mass is 9.70. The number of hydrogen-bond donors (Lipinski definition) is 1. The van der Waals surface area contributed by atoms with Crippen LogP contribution in [0.3, 0.4) is 0 Å². The number of hydrogen-bond acceptors (Lipinski definition) is 3. The van der Waals surface area contributed by atoms with E-state index < -0.39 is 11.0 Å². The molecule has 3 heteroatoms. The Bertz CT molecular complexity index is 327. The van der Waals surface area contributed by atoms with E-state index in [1.165, 1.54) is 20.0 Å². The normalized spacial score (nSPS) is 50.1. The third-order valence-electron chi connectivity index (χ3n) is 5.43. The quantitative estimate of drug-likeness (QED) is 0.692. The van der Waals surface area contributed by atoms with Crippen LogP contribution in [0.25, 0.3) is 0 Å². The molecule has 0 aromatic rings. The Morgan fingerprint density at radius 3 is 2.88 bits per heavy atom. The maximum Gasteiger partial charge on any atom is 0.315 e. The molecular weight excluding hydrogens is 204 g/mol. The third-order valence-corrected chi connectivity index (χ3v) is 5.43. The molecule has 0 aromatic carbocycles. The number of carbonyl (C=O) groups is 1. The highest BCUT2D eigenvalue weighted by Crippen LogP contribution is 2.66. The van der Waals surface area contributed by atoms with Gasteiger partial charge >= 0.3 is 5.97 Å². The molecule has 3 aliphatic carbocycles. The van der Waals surface area contributed by atoms with Gasteiger partial charge in [0.2, 0.25) is 0 Å². The van der Waals surface area contributed by atoms with Crippen LogP contribution in [0.5, 0.6) is 0 Å². The van der Waals surface area contributed by atoms with Crippen molar-refractivity contribution in [1.82, 2.24) is 0 Å². The second-order valence-corrected chi connectivity index (χ2v) is 5.85. The summed E-state index contributed by atoms with van der Waals surface area (Å²) in [6.07, 6.45) is 6.91. The van der Waals surface area contributed by atoms with Crippen LogP contribution < -0.4 is 0 Å². The Balaban J connectivity index is 2.05. The first-order valence-electron chi connectivity index (χ1n) is 6.45. The standard InChI is InChI=1S/C13H20O3/c1-16-11(14)13-7-3-6-12(13,15)8-9-4-2-5-10(9)13/h9-10,15H,2-8H2,1H3. The van der Waals surface area contributed by atoms with E-state index in [1.807, 2.05) is 0 Å². The third kappa shape index (κ3) is 1.01. The van der Waals surface area contributed by atoms with Gasteiger partial charge in [0.1, 0.15) is 0 Å². The minimum atomic E-state index is -0.754. The molecule has 3 aliphatic rings. The molecule has 90 valence electrons. The molecule has 3 rings (SSSR count). The summed E-state index contributed by atoms with van der Waals surface area (Å²) >= 11 is 0. The van der Waals surface area contributed by atoms with Gasteiger partial charge in [-0.05, 0) is 43.9 Å². The molecule has 0 bridgehead atoms. The highest BCUT2D eigenvalue weighted by molar-refractivity contribution is 5.80. The predicted molar refractivity (Wildman–Crippen MR) is 58.7 cm³/mol. The van der Waals surface area contributed by atoms with Gasteiger partial charge in [-0.3, -0.25) is 4.79 Å². The molecule has 4 unspecified atom stereocenters. The zero-order valence-electron chi connectivity index (χ0n) is 9.87. The molecule has 0 saturated heterocycles. The number of ether oxygens (including phenoxy) is 1. The molecule has 3 nitrogen and oxygen atoms in total. The summed E-state index contributed by atoms with van der Waals surface area (Å²) in [6.45, 7) is 0. The molecule has 0 aliphatic heterocycles. The lowest BCUT2D eigenvalue weighted by Crippen LogP contribution is -2.49. The molecule has 0 radical (unpaired) electrons. The molecule has 0 heterocycles. The van der Waals surface area contributed by atoms with Crippen LogP contribution >= 0.6 is 0 Å². The van der Waals surface area contributed by atoms with Gasteiger partial charge in [0.05, 0.1) is 18.1 Å². The van der Waals surface area contributed by atoms with Crippen LogP contribution in [0.4, 0.5) is 0 Å². The zero-order chi connectivity index (χ0) is 11.4. The largest absolute Gasteiger partial charge is 0.468 e. The number of carbonyl (C=O) groups excluding carboxylic acids is 1. The van der Waals surface area contributed by atoms with Crippen LogP contribution in [0.15, 0.2) is 0 Å². The van der Waals surface area contributed by atoms with Crippen molar-refractivity contribution in [1.29, 1.82) is 0 Å². The highest BCUT2D eigenvalue weighted by atomic mass is 16.5. The molecule has 0 spiro atoms. The van der Waals surface area contributed by atoms with Crippen LogP contribution in [0.1, 0.15) is 44.9 Å². The minimum Gasteiger partial charge on any atom is -0.468 e. The Morgan fingerprint density at radius 1 is 1.31 bits per heavy atom. The molecule has 0 amide bonds. The van der Waals surface area contributed by atoms with Gasteiger partial charge in [0.25, 0.3) is 0 Å². The highest BCUT2D eigenvalue weighted by Gasteiger charge is 2.70. The topological polar surface area (TPSA) is 46.5 Å². The van der Waals surface area contributed by atoms with E-state index in [0.29, 0.717) is 11.8 Å². The van der Waals surface area contributed by atoms with Crippen LogP contribution in [0, 0.1) is 17.3 Å². The Kier molecular flexibility index (Phi) is 2.13. The fourth-order valence-corrected chi connectivity index (χ4v) is 4.92. The van der Waals surface area contributed by atoms with Gasteiger partial charge in [0, 0.05) is 0 Å². The molecule has 3 fully saturated rings. The number of esters is 1. The average Bonchev–Trinajstić information content (AvgIpc) is 2.85. The molecule has 3 saturated carbocycles. The first-order chi connectivity index (χ1) is 7.64. The number of methoxy groups -OCH3 is 1. The summed E-state index contributed by atoms with van der Waals surface area (Å²) in [5.74, 6) is 0.791. The molecule has 1 N–H and O–H groups in total. The maximum absolute atomic E-state index is 12.2. The second-order valence-electron chi connectivity index (χ2n) is 5.85. The van der Waals surface area contributed by atoms with Crippen molar-refractivity contribution in [3.63, 3.8) is 0 Å². The first kappa shape index (κ1) is 10.6. The first-order valence-corrected chi connectivity index (χ1v) is 6.45. The molecule has 16 heavy (non-hydrogen) atoms. The van der Waals surface area contributed by atoms with E-state index in [9.17, 15) is 9.90 Å². The van der Waals surface area contributed by atoms with Crippen LogP contribution in [-0.4, -0.2) is 23.8 Å². The summed E-state index contributed by atoms with van der Waals surface area (Å²) in [4.78, 5) is 12.2. The van der Waals surface area contributed by atoms with E-state index in [2.05, 4.69) is 0 Å². The van der Waals surface area contributed by atoms with Gasteiger partial charge in [-0.2, -0.15) is 0 Å². The number of fused-ring (bicyclic) bond motifs is 3. The molecular formula is C13H20O3. The summed E-state index contributed by atoms with van der Waals surface area (Å²) in [6, 6.07) is 0.